The standard InChI is InChI=1S/C12H18N2O2/c1-8(2)10(12(15)16)7-14-11-5-4-9(3)6-13-11/h4-6,8,10H,7H2,1-3H3,(H,13,14)(H,15,16). The fourth-order valence-electron chi connectivity index (χ4n) is 1.40. The molecule has 0 saturated carbocycles. The van der Waals surface area contributed by atoms with Crippen molar-refractivity contribution in [3.8, 4) is 0 Å². The van der Waals surface area contributed by atoms with E-state index in [0.29, 0.717) is 6.54 Å². The van der Waals surface area contributed by atoms with Crippen LogP contribution >= 0.6 is 0 Å². The first-order valence-corrected chi connectivity index (χ1v) is 5.40. The Morgan fingerprint density at radius 1 is 1.50 bits per heavy atom. The molecule has 0 bridgehead atoms. The van der Waals surface area contributed by atoms with E-state index in [2.05, 4.69) is 10.3 Å². The summed E-state index contributed by atoms with van der Waals surface area (Å²) in [4.78, 5) is 15.1. The van der Waals surface area contributed by atoms with Gasteiger partial charge < -0.3 is 10.4 Å². The molecule has 2 N–H and O–H groups in total. The van der Waals surface area contributed by atoms with E-state index >= 15 is 0 Å². The average molecular weight is 222 g/mol. The largest absolute Gasteiger partial charge is 0.481 e. The third-order valence-electron chi connectivity index (χ3n) is 2.54. The Hall–Kier alpha value is -1.58. The minimum absolute atomic E-state index is 0.107. The maximum atomic E-state index is 11.0. The van der Waals surface area contributed by atoms with Crippen LogP contribution in [0.15, 0.2) is 18.3 Å². The molecule has 0 aromatic carbocycles. The highest BCUT2D eigenvalue weighted by atomic mass is 16.4. The van der Waals surface area contributed by atoms with Gasteiger partial charge in [-0.25, -0.2) is 4.98 Å². The van der Waals surface area contributed by atoms with Crippen molar-refractivity contribution in [3.63, 3.8) is 0 Å². The zero-order valence-corrected chi connectivity index (χ0v) is 9.90. The highest BCUT2D eigenvalue weighted by Crippen LogP contribution is 2.12. The second-order valence-electron chi connectivity index (χ2n) is 4.29. The topological polar surface area (TPSA) is 62.2 Å². The minimum atomic E-state index is -0.769. The lowest BCUT2D eigenvalue weighted by Crippen LogP contribution is -2.27. The molecule has 1 atom stereocenters. The molecule has 0 radical (unpaired) electrons. The molecule has 1 unspecified atom stereocenters. The van der Waals surface area contributed by atoms with Gasteiger partial charge in [0.1, 0.15) is 5.82 Å². The van der Waals surface area contributed by atoms with Crippen molar-refractivity contribution in [1.29, 1.82) is 0 Å². The number of hydrogen-bond acceptors (Lipinski definition) is 3. The fourth-order valence-corrected chi connectivity index (χ4v) is 1.40. The van der Waals surface area contributed by atoms with Gasteiger partial charge in [-0.15, -0.1) is 0 Å². The Kier molecular flexibility index (Phi) is 4.28. The summed E-state index contributed by atoms with van der Waals surface area (Å²) in [6.07, 6.45) is 1.76. The maximum absolute atomic E-state index is 11.0. The van der Waals surface area contributed by atoms with Crippen LogP contribution in [0.1, 0.15) is 19.4 Å². The van der Waals surface area contributed by atoms with Crippen LogP contribution in [0.3, 0.4) is 0 Å². The highest BCUT2D eigenvalue weighted by Gasteiger charge is 2.20. The van der Waals surface area contributed by atoms with Gasteiger partial charge in [0.2, 0.25) is 0 Å². The Labute approximate surface area is 95.7 Å². The monoisotopic (exact) mass is 222 g/mol. The molecule has 1 rings (SSSR count). The van der Waals surface area contributed by atoms with Gasteiger partial charge in [-0.1, -0.05) is 19.9 Å². The number of rotatable bonds is 5. The highest BCUT2D eigenvalue weighted by molar-refractivity contribution is 5.71. The predicted molar refractivity (Wildman–Crippen MR) is 63.4 cm³/mol. The summed E-state index contributed by atoms with van der Waals surface area (Å²) in [6.45, 7) is 6.18. The third-order valence-corrected chi connectivity index (χ3v) is 2.54. The number of aryl methyl sites for hydroxylation is 1. The lowest BCUT2D eigenvalue weighted by Gasteiger charge is -2.16. The molecule has 1 aromatic heterocycles. The van der Waals surface area contributed by atoms with E-state index in [1.807, 2.05) is 32.9 Å². The number of aromatic nitrogens is 1. The Bertz CT molecular complexity index is 347. The molecule has 0 fully saturated rings. The van der Waals surface area contributed by atoms with Gasteiger partial charge in [0.15, 0.2) is 0 Å². The first-order chi connectivity index (χ1) is 7.50. The number of carboxylic acids is 1. The molecule has 4 heteroatoms. The predicted octanol–water partition coefficient (Wildman–Crippen LogP) is 2.16. The van der Waals surface area contributed by atoms with E-state index in [1.54, 1.807) is 6.20 Å². The SMILES string of the molecule is Cc1ccc(NCC(C(=O)O)C(C)C)nc1. The molecule has 1 aromatic rings. The number of nitrogens with zero attached hydrogens (tertiary/aromatic N) is 1. The summed E-state index contributed by atoms with van der Waals surface area (Å²) in [5.41, 5.74) is 1.09. The van der Waals surface area contributed by atoms with Crippen LogP contribution in [0.5, 0.6) is 0 Å². The second kappa shape index (κ2) is 5.49. The molecule has 0 aliphatic rings. The molecule has 0 spiro atoms. The molecular formula is C12H18N2O2. The molecule has 0 aliphatic carbocycles. The zero-order valence-electron chi connectivity index (χ0n) is 9.90. The lowest BCUT2D eigenvalue weighted by atomic mass is 9.96. The van der Waals surface area contributed by atoms with Crippen molar-refractivity contribution in [1.82, 2.24) is 4.98 Å². The van der Waals surface area contributed by atoms with Crippen molar-refractivity contribution in [2.45, 2.75) is 20.8 Å². The maximum Gasteiger partial charge on any atom is 0.308 e. The number of aliphatic carboxylic acids is 1. The van der Waals surface area contributed by atoms with Crippen molar-refractivity contribution < 1.29 is 9.90 Å². The van der Waals surface area contributed by atoms with Crippen LogP contribution in [0.25, 0.3) is 0 Å². The van der Waals surface area contributed by atoms with Gasteiger partial charge in [0.05, 0.1) is 5.92 Å². The van der Waals surface area contributed by atoms with Gasteiger partial charge in [-0.05, 0) is 24.5 Å². The summed E-state index contributed by atoms with van der Waals surface area (Å²) >= 11 is 0. The summed E-state index contributed by atoms with van der Waals surface area (Å²) in [5, 5.41) is 12.0. The minimum Gasteiger partial charge on any atom is -0.481 e. The number of carboxylic acid groups (broad SMARTS) is 1. The van der Waals surface area contributed by atoms with Crippen molar-refractivity contribution in [2.75, 3.05) is 11.9 Å². The molecular weight excluding hydrogens is 204 g/mol. The molecule has 0 aliphatic heterocycles. The van der Waals surface area contributed by atoms with Crippen LogP contribution in [0.4, 0.5) is 5.82 Å². The van der Waals surface area contributed by atoms with E-state index in [4.69, 9.17) is 5.11 Å². The van der Waals surface area contributed by atoms with E-state index in [9.17, 15) is 4.79 Å². The van der Waals surface area contributed by atoms with E-state index in [0.717, 1.165) is 11.4 Å². The number of anilines is 1. The van der Waals surface area contributed by atoms with Gasteiger partial charge in [0, 0.05) is 12.7 Å². The summed E-state index contributed by atoms with van der Waals surface area (Å²) < 4.78 is 0. The molecule has 88 valence electrons. The van der Waals surface area contributed by atoms with E-state index in [-0.39, 0.29) is 11.8 Å². The Balaban J connectivity index is 2.55. The quantitative estimate of drug-likeness (QED) is 0.801. The van der Waals surface area contributed by atoms with Gasteiger partial charge >= 0.3 is 5.97 Å². The summed E-state index contributed by atoms with van der Waals surface area (Å²) in [7, 11) is 0. The molecule has 1 heterocycles. The molecule has 4 nitrogen and oxygen atoms in total. The van der Waals surface area contributed by atoms with Gasteiger partial charge in [-0.3, -0.25) is 4.79 Å². The average Bonchev–Trinajstić information content (AvgIpc) is 2.20. The van der Waals surface area contributed by atoms with Crippen molar-refractivity contribution in [3.05, 3.63) is 23.9 Å². The second-order valence-corrected chi connectivity index (χ2v) is 4.29. The summed E-state index contributed by atoms with van der Waals surface area (Å²) in [6, 6.07) is 3.80. The van der Waals surface area contributed by atoms with Crippen LogP contribution in [-0.4, -0.2) is 22.6 Å². The fraction of sp³-hybridized carbons (Fsp3) is 0.500. The molecule has 16 heavy (non-hydrogen) atoms. The first kappa shape index (κ1) is 12.5. The zero-order chi connectivity index (χ0) is 12.1. The van der Waals surface area contributed by atoms with Gasteiger partial charge in [0.25, 0.3) is 0 Å². The lowest BCUT2D eigenvalue weighted by molar-refractivity contribution is -0.142. The first-order valence-electron chi connectivity index (χ1n) is 5.40. The number of pyridine rings is 1. The van der Waals surface area contributed by atoms with Crippen molar-refractivity contribution in [2.24, 2.45) is 11.8 Å². The number of carbonyl (C=O) groups is 1. The number of hydrogen-bond donors (Lipinski definition) is 2. The molecule has 0 saturated heterocycles. The van der Waals surface area contributed by atoms with E-state index < -0.39 is 5.97 Å². The van der Waals surface area contributed by atoms with Crippen molar-refractivity contribution >= 4 is 11.8 Å². The van der Waals surface area contributed by atoms with Crippen LogP contribution in [0, 0.1) is 18.8 Å². The van der Waals surface area contributed by atoms with Crippen LogP contribution in [-0.2, 0) is 4.79 Å². The summed E-state index contributed by atoms with van der Waals surface area (Å²) in [5.74, 6) is -0.328. The smallest absolute Gasteiger partial charge is 0.308 e. The Morgan fingerprint density at radius 2 is 2.19 bits per heavy atom. The Morgan fingerprint density at radius 3 is 2.62 bits per heavy atom. The normalized spacial score (nSPS) is 12.5. The van der Waals surface area contributed by atoms with Crippen LogP contribution in [0.2, 0.25) is 0 Å². The molecule has 0 amide bonds. The third kappa shape index (κ3) is 3.53. The van der Waals surface area contributed by atoms with E-state index in [1.165, 1.54) is 0 Å². The number of nitrogens with one attached hydrogen (secondary N) is 1. The van der Waals surface area contributed by atoms with Crippen LogP contribution < -0.4 is 5.32 Å². The van der Waals surface area contributed by atoms with Gasteiger partial charge in [-0.2, -0.15) is 0 Å².